The van der Waals surface area contributed by atoms with Crippen LogP contribution in [0.1, 0.15) is 27.5 Å². The zero-order valence-corrected chi connectivity index (χ0v) is 15.7. The van der Waals surface area contributed by atoms with E-state index in [0.29, 0.717) is 6.54 Å². The normalized spacial score (nSPS) is 10.9. The Balaban J connectivity index is 2.02. The second-order valence-electron chi connectivity index (χ2n) is 6.38. The van der Waals surface area contributed by atoms with Gasteiger partial charge in [0.25, 0.3) is 17.5 Å². The van der Waals surface area contributed by atoms with Gasteiger partial charge in [0.1, 0.15) is 5.69 Å². The molecular formula is C16H23N7O4. The topological polar surface area (TPSA) is 127 Å². The Morgan fingerprint density at radius 1 is 1.22 bits per heavy atom. The van der Waals surface area contributed by atoms with Crippen LogP contribution in [-0.2, 0) is 14.1 Å². The van der Waals surface area contributed by atoms with Gasteiger partial charge in [-0.15, -0.1) is 0 Å². The smallest absolute Gasteiger partial charge is 0.287 e. The van der Waals surface area contributed by atoms with E-state index in [1.807, 2.05) is 19.0 Å². The summed E-state index contributed by atoms with van der Waals surface area (Å²) in [6.07, 6.45) is 3.56. The standard InChI is InChI=1S/C16H23N7O4/c1-20(2)7-5-6-17-16(25)14-18-13(10-22(14)4)19-15(24)12-8-11(23(26)27)9-21(12)3/h8-10H,5-7H2,1-4H3,(H,17,25)(H,19,24). The van der Waals surface area contributed by atoms with Crippen molar-refractivity contribution in [3.05, 3.63) is 40.1 Å². The van der Waals surface area contributed by atoms with E-state index in [-0.39, 0.29) is 28.9 Å². The monoisotopic (exact) mass is 377 g/mol. The minimum absolute atomic E-state index is 0.113. The van der Waals surface area contributed by atoms with Crippen LogP contribution in [0.2, 0.25) is 0 Å². The minimum atomic E-state index is -0.573. The Hall–Kier alpha value is -3.21. The van der Waals surface area contributed by atoms with Gasteiger partial charge in [0.05, 0.1) is 11.1 Å². The summed E-state index contributed by atoms with van der Waals surface area (Å²) in [7, 11) is 7.09. The first-order valence-corrected chi connectivity index (χ1v) is 8.27. The summed E-state index contributed by atoms with van der Waals surface area (Å²) in [5.74, 6) is -0.550. The number of amides is 2. The Kier molecular flexibility index (Phi) is 6.29. The van der Waals surface area contributed by atoms with Crippen LogP contribution in [0, 0.1) is 10.1 Å². The summed E-state index contributed by atoms with van der Waals surface area (Å²) in [5.41, 5.74) is -0.0662. The van der Waals surface area contributed by atoms with E-state index in [2.05, 4.69) is 15.6 Å². The molecule has 0 aromatic carbocycles. The van der Waals surface area contributed by atoms with Crippen LogP contribution >= 0.6 is 0 Å². The highest BCUT2D eigenvalue weighted by Gasteiger charge is 2.20. The number of carbonyl (C=O) groups excluding carboxylic acids is 2. The molecule has 0 bridgehead atoms. The third-order valence-electron chi connectivity index (χ3n) is 3.82. The molecule has 0 spiro atoms. The quantitative estimate of drug-likeness (QED) is 0.394. The number of rotatable bonds is 8. The fraction of sp³-hybridized carbons (Fsp3) is 0.438. The molecule has 2 rings (SSSR count). The number of nitrogens with zero attached hydrogens (tertiary/aromatic N) is 5. The molecule has 27 heavy (non-hydrogen) atoms. The molecule has 0 aliphatic carbocycles. The number of anilines is 1. The van der Waals surface area contributed by atoms with Crippen molar-refractivity contribution in [2.45, 2.75) is 6.42 Å². The minimum Gasteiger partial charge on any atom is -0.349 e. The number of nitro groups is 1. The van der Waals surface area contributed by atoms with Crippen LogP contribution in [0.3, 0.4) is 0 Å². The molecule has 2 aromatic heterocycles. The van der Waals surface area contributed by atoms with E-state index < -0.39 is 10.8 Å². The van der Waals surface area contributed by atoms with Crippen LogP contribution < -0.4 is 10.6 Å². The Morgan fingerprint density at radius 3 is 2.52 bits per heavy atom. The van der Waals surface area contributed by atoms with E-state index in [9.17, 15) is 19.7 Å². The van der Waals surface area contributed by atoms with Gasteiger partial charge >= 0.3 is 0 Å². The maximum Gasteiger partial charge on any atom is 0.287 e. The zero-order valence-electron chi connectivity index (χ0n) is 15.7. The van der Waals surface area contributed by atoms with Gasteiger partial charge in [-0.2, -0.15) is 0 Å². The van der Waals surface area contributed by atoms with Gasteiger partial charge in [0.15, 0.2) is 5.82 Å². The van der Waals surface area contributed by atoms with E-state index in [0.717, 1.165) is 13.0 Å². The predicted octanol–water partition coefficient (Wildman–Crippen LogP) is 0.601. The Labute approximate surface area is 156 Å². The number of hydrogen-bond donors (Lipinski definition) is 2. The molecule has 0 aliphatic rings. The molecular weight excluding hydrogens is 354 g/mol. The Bertz CT molecular complexity index is 853. The highest BCUT2D eigenvalue weighted by atomic mass is 16.6. The maximum absolute atomic E-state index is 12.3. The van der Waals surface area contributed by atoms with Crippen molar-refractivity contribution in [1.82, 2.24) is 24.3 Å². The van der Waals surface area contributed by atoms with Gasteiger partial charge in [0, 0.05) is 32.9 Å². The first kappa shape index (κ1) is 20.1. The van der Waals surface area contributed by atoms with Gasteiger partial charge in [0.2, 0.25) is 5.82 Å². The van der Waals surface area contributed by atoms with Gasteiger partial charge in [-0.3, -0.25) is 19.7 Å². The van der Waals surface area contributed by atoms with Crippen LogP contribution in [0.25, 0.3) is 0 Å². The summed E-state index contributed by atoms with van der Waals surface area (Å²) < 4.78 is 2.86. The molecule has 2 amide bonds. The fourth-order valence-electron chi connectivity index (χ4n) is 2.47. The molecule has 2 heterocycles. The van der Waals surface area contributed by atoms with E-state index in [1.165, 1.54) is 34.6 Å². The lowest BCUT2D eigenvalue weighted by molar-refractivity contribution is -0.384. The highest BCUT2D eigenvalue weighted by Crippen LogP contribution is 2.17. The molecule has 0 fully saturated rings. The van der Waals surface area contributed by atoms with E-state index >= 15 is 0 Å². The van der Waals surface area contributed by atoms with Crippen molar-refractivity contribution in [3.8, 4) is 0 Å². The molecule has 0 atom stereocenters. The van der Waals surface area contributed by atoms with E-state index in [1.54, 1.807) is 7.05 Å². The summed E-state index contributed by atoms with van der Waals surface area (Å²) in [6, 6.07) is 1.18. The third kappa shape index (κ3) is 5.14. The molecule has 11 heteroatoms. The number of aromatic nitrogens is 3. The van der Waals surface area contributed by atoms with Crippen LogP contribution in [0.15, 0.2) is 18.5 Å². The lowest BCUT2D eigenvalue weighted by Gasteiger charge is -2.09. The molecule has 2 N–H and O–H groups in total. The van der Waals surface area contributed by atoms with Gasteiger partial charge in [-0.25, -0.2) is 4.98 Å². The Morgan fingerprint density at radius 2 is 1.93 bits per heavy atom. The molecule has 0 saturated heterocycles. The van der Waals surface area contributed by atoms with Crippen LogP contribution in [0.5, 0.6) is 0 Å². The molecule has 0 radical (unpaired) electrons. The second kappa shape index (κ2) is 8.45. The average Bonchev–Trinajstić information content (AvgIpc) is 3.14. The van der Waals surface area contributed by atoms with Crippen molar-refractivity contribution in [1.29, 1.82) is 0 Å². The summed E-state index contributed by atoms with van der Waals surface area (Å²) in [5, 5.41) is 16.1. The predicted molar refractivity (Wildman–Crippen MR) is 98.7 cm³/mol. The van der Waals surface area contributed by atoms with Crippen molar-refractivity contribution >= 4 is 23.3 Å². The molecule has 11 nitrogen and oxygen atoms in total. The fourth-order valence-corrected chi connectivity index (χ4v) is 2.47. The second-order valence-corrected chi connectivity index (χ2v) is 6.38. The maximum atomic E-state index is 12.3. The summed E-state index contributed by atoms with van der Waals surface area (Å²) in [4.78, 5) is 40.9. The van der Waals surface area contributed by atoms with Gasteiger partial charge in [-0.05, 0) is 27.1 Å². The summed E-state index contributed by atoms with van der Waals surface area (Å²) >= 11 is 0. The van der Waals surface area contributed by atoms with Gasteiger partial charge in [-0.1, -0.05) is 0 Å². The summed E-state index contributed by atoms with van der Waals surface area (Å²) in [6.45, 7) is 1.36. The van der Waals surface area contributed by atoms with Crippen molar-refractivity contribution in [2.24, 2.45) is 14.1 Å². The molecule has 146 valence electrons. The third-order valence-corrected chi connectivity index (χ3v) is 3.82. The number of carbonyl (C=O) groups is 2. The molecule has 0 unspecified atom stereocenters. The lowest BCUT2D eigenvalue weighted by Crippen LogP contribution is -2.29. The number of aryl methyl sites for hydroxylation is 2. The van der Waals surface area contributed by atoms with Gasteiger partial charge < -0.3 is 24.7 Å². The SMILES string of the molecule is CN(C)CCCNC(=O)c1nc(NC(=O)c2cc([N+](=O)[O-])cn2C)cn1C. The molecule has 2 aromatic rings. The largest absolute Gasteiger partial charge is 0.349 e. The van der Waals surface area contributed by atoms with Crippen LogP contribution in [0.4, 0.5) is 11.5 Å². The van der Waals surface area contributed by atoms with Crippen molar-refractivity contribution in [3.63, 3.8) is 0 Å². The highest BCUT2D eigenvalue weighted by molar-refractivity contribution is 6.03. The number of hydrogen-bond acceptors (Lipinski definition) is 6. The average molecular weight is 377 g/mol. The molecule has 0 aliphatic heterocycles. The zero-order chi connectivity index (χ0) is 20.1. The first-order chi connectivity index (χ1) is 12.7. The van der Waals surface area contributed by atoms with Crippen molar-refractivity contribution < 1.29 is 14.5 Å². The van der Waals surface area contributed by atoms with E-state index in [4.69, 9.17) is 0 Å². The number of nitrogens with one attached hydrogen (secondary N) is 2. The first-order valence-electron chi connectivity index (χ1n) is 8.27. The molecule has 0 saturated carbocycles. The number of imidazole rings is 1. The van der Waals surface area contributed by atoms with Crippen molar-refractivity contribution in [2.75, 3.05) is 32.5 Å². The lowest BCUT2D eigenvalue weighted by atomic mass is 10.4. The van der Waals surface area contributed by atoms with Crippen LogP contribution in [-0.4, -0.2) is 62.9 Å².